The van der Waals surface area contributed by atoms with Crippen molar-refractivity contribution >= 4 is 22.5 Å². The molecule has 0 bridgehead atoms. The maximum absolute atomic E-state index is 13.4. The first-order chi connectivity index (χ1) is 14.5. The van der Waals surface area contributed by atoms with Crippen LogP contribution in [0.3, 0.4) is 0 Å². The lowest BCUT2D eigenvalue weighted by molar-refractivity contribution is 0.102. The molecule has 0 atom stereocenters. The molecule has 0 saturated carbocycles. The van der Waals surface area contributed by atoms with Crippen LogP contribution in [0.25, 0.3) is 22.2 Å². The number of methoxy groups -OCH3 is 1. The maximum atomic E-state index is 13.4. The van der Waals surface area contributed by atoms with Gasteiger partial charge in [0.15, 0.2) is 0 Å². The van der Waals surface area contributed by atoms with E-state index in [1.54, 1.807) is 7.11 Å². The minimum atomic E-state index is -0.133. The zero-order valence-electron chi connectivity index (χ0n) is 17.6. The number of pyridine rings is 1. The summed E-state index contributed by atoms with van der Waals surface area (Å²) in [5.74, 6) is 0.649. The molecular formula is C26H24N2O2. The molecule has 0 spiro atoms. The van der Waals surface area contributed by atoms with E-state index >= 15 is 0 Å². The van der Waals surface area contributed by atoms with Crippen molar-refractivity contribution in [3.05, 3.63) is 89.0 Å². The van der Waals surface area contributed by atoms with E-state index in [1.807, 2.05) is 81.4 Å². The Morgan fingerprint density at radius 2 is 1.57 bits per heavy atom. The van der Waals surface area contributed by atoms with Gasteiger partial charge < -0.3 is 10.1 Å². The van der Waals surface area contributed by atoms with Gasteiger partial charge in [0.1, 0.15) is 5.75 Å². The van der Waals surface area contributed by atoms with Gasteiger partial charge >= 0.3 is 0 Å². The lowest BCUT2D eigenvalue weighted by Gasteiger charge is -2.15. The fraction of sp³-hybridized carbons (Fsp3) is 0.154. The van der Waals surface area contributed by atoms with E-state index in [0.717, 1.165) is 50.3 Å². The number of carbonyl (C=O) groups excluding carboxylic acids is 1. The van der Waals surface area contributed by atoms with Gasteiger partial charge in [0, 0.05) is 16.6 Å². The number of nitrogens with one attached hydrogen (secondary N) is 1. The number of rotatable bonds is 4. The standard InChI is InChI=1S/C26H24N2O2/c1-16-13-17(2)15-20(14-16)27-26(29)24-18(3)25(19-9-11-21(30-4)12-10-19)28-23-8-6-5-7-22(23)24/h5-15H,1-4H3,(H,27,29). The highest BCUT2D eigenvalue weighted by atomic mass is 16.5. The van der Waals surface area contributed by atoms with Crippen LogP contribution in [-0.2, 0) is 0 Å². The Hall–Kier alpha value is -3.66. The van der Waals surface area contributed by atoms with Crippen LogP contribution in [0.15, 0.2) is 66.7 Å². The number of hydrogen-bond donors (Lipinski definition) is 1. The lowest BCUT2D eigenvalue weighted by atomic mass is 9.97. The summed E-state index contributed by atoms with van der Waals surface area (Å²) >= 11 is 0. The smallest absolute Gasteiger partial charge is 0.256 e. The number of hydrogen-bond acceptors (Lipinski definition) is 3. The third-order valence-electron chi connectivity index (χ3n) is 5.21. The highest BCUT2D eigenvalue weighted by Crippen LogP contribution is 2.31. The van der Waals surface area contributed by atoms with Crippen molar-refractivity contribution in [2.75, 3.05) is 12.4 Å². The average molecular weight is 396 g/mol. The first kappa shape index (κ1) is 19.6. The molecular weight excluding hydrogens is 372 g/mol. The molecule has 0 aliphatic carbocycles. The molecule has 0 aliphatic rings. The average Bonchev–Trinajstić information content (AvgIpc) is 2.72. The second-order valence-electron chi connectivity index (χ2n) is 7.54. The van der Waals surface area contributed by atoms with Crippen molar-refractivity contribution in [2.45, 2.75) is 20.8 Å². The summed E-state index contributed by atoms with van der Waals surface area (Å²) in [6.07, 6.45) is 0. The van der Waals surface area contributed by atoms with E-state index in [-0.39, 0.29) is 5.91 Å². The largest absolute Gasteiger partial charge is 0.497 e. The summed E-state index contributed by atoms with van der Waals surface area (Å²) in [6, 6.07) is 21.6. The molecule has 0 saturated heterocycles. The molecule has 0 fully saturated rings. The van der Waals surface area contributed by atoms with Crippen molar-refractivity contribution < 1.29 is 9.53 Å². The highest BCUT2D eigenvalue weighted by molar-refractivity contribution is 6.14. The number of amides is 1. The van der Waals surface area contributed by atoms with Crippen LogP contribution < -0.4 is 10.1 Å². The normalized spacial score (nSPS) is 10.8. The number of fused-ring (bicyclic) bond motifs is 1. The van der Waals surface area contributed by atoms with E-state index < -0.39 is 0 Å². The zero-order valence-corrected chi connectivity index (χ0v) is 17.6. The Kier molecular flexibility index (Phi) is 5.23. The molecule has 0 radical (unpaired) electrons. The minimum Gasteiger partial charge on any atom is -0.497 e. The number of aryl methyl sites for hydroxylation is 2. The second-order valence-corrected chi connectivity index (χ2v) is 7.54. The van der Waals surface area contributed by atoms with Crippen molar-refractivity contribution in [1.82, 2.24) is 4.98 Å². The topological polar surface area (TPSA) is 51.2 Å². The van der Waals surface area contributed by atoms with Crippen LogP contribution in [0.5, 0.6) is 5.75 Å². The summed E-state index contributed by atoms with van der Waals surface area (Å²) in [7, 11) is 1.64. The Balaban J connectivity index is 1.85. The molecule has 1 N–H and O–H groups in total. The molecule has 3 aromatic carbocycles. The maximum Gasteiger partial charge on any atom is 0.256 e. The van der Waals surface area contributed by atoms with Crippen LogP contribution in [0.2, 0.25) is 0 Å². The van der Waals surface area contributed by atoms with Crippen LogP contribution in [-0.4, -0.2) is 18.0 Å². The fourth-order valence-corrected chi connectivity index (χ4v) is 3.87. The Bertz CT molecular complexity index is 1220. The van der Waals surface area contributed by atoms with Gasteiger partial charge in [-0.3, -0.25) is 4.79 Å². The number of benzene rings is 3. The van der Waals surface area contributed by atoms with Crippen molar-refractivity contribution in [1.29, 1.82) is 0 Å². The summed E-state index contributed by atoms with van der Waals surface area (Å²) in [6.45, 7) is 6.00. The molecule has 4 heteroatoms. The van der Waals surface area contributed by atoms with Crippen molar-refractivity contribution in [2.24, 2.45) is 0 Å². The van der Waals surface area contributed by atoms with E-state index in [0.29, 0.717) is 5.56 Å². The first-order valence-electron chi connectivity index (χ1n) is 9.89. The first-order valence-corrected chi connectivity index (χ1v) is 9.89. The number of nitrogens with zero attached hydrogens (tertiary/aromatic N) is 1. The van der Waals surface area contributed by atoms with Gasteiger partial charge in [0.2, 0.25) is 0 Å². The van der Waals surface area contributed by atoms with E-state index in [4.69, 9.17) is 9.72 Å². The zero-order chi connectivity index (χ0) is 21.3. The molecule has 1 amide bonds. The monoisotopic (exact) mass is 396 g/mol. The van der Waals surface area contributed by atoms with E-state index in [9.17, 15) is 4.79 Å². The minimum absolute atomic E-state index is 0.133. The SMILES string of the molecule is COc1ccc(-c2nc3ccccc3c(C(=O)Nc3cc(C)cc(C)c3)c2C)cc1. The molecule has 1 aromatic heterocycles. The summed E-state index contributed by atoms with van der Waals surface area (Å²) < 4.78 is 5.27. The number of anilines is 1. The summed E-state index contributed by atoms with van der Waals surface area (Å²) in [4.78, 5) is 18.3. The second kappa shape index (κ2) is 7.99. The number of aromatic nitrogens is 1. The molecule has 4 rings (SSSR count). The van der Waals surface area contributed by atoms with Gasteiger partial charge in [-0.2, -0.15) is 0 Å². The summed E-state index contributed by atoms with van der Waals surface area (Å²) in [5.41, 5.74) is 7.04. The highest BCUT2D eigenvalue weighted by Gasteiger charge is 2.19. The van der Waals surface area contributed by atoms with Crippen molar-refractivity contribution in [3.63, 3.8) is 0 Å². The molecule has 1 heterocycles. The lowest BCUT2D eigenvalue weighted by Crippen LogP contribution is -2.15. The van der Waals surface area contributed by atoms with Gasteiger partial charge in [-0.15, -0.1) is 0 Å². The van der Waals surface area contributed by atoms with Gasteiger partial charge in [-0.1, -0.05) is 24.3 Å². The molecule has 4 aromatic rings. The molecule has 30 heavy (non-hydrogen) atoms. The quantitative estimate of drug-likeness (QED) is 0.454. The van der Waals surface area contributed by atoms with Crippen LogP contribution in [0.1, 0.15) is 27.0 Å². The van der Waals surface area contributed by atoms with Crippen LogP contribution in [0, 0.1) is 20.8 Å². The van der Waals surface area contributed by atoms with E-state index in [1.165, 1.54) is 0 Å². The molecule has 4 nitrogen and oxygen atoms in total. The number of para-hydroxylation sites is 1. The third-order valence-corrected chi connectivity index (χ3v) is 5.21. The fourth-order valence-electron chi connectivity index (χ4n) is 3.87. The van der Waals surface area contributed by atoms with Gasteiger partial charge in [-0.05, 0) is 79.9 Å². The number of carbonyl (C=O) groups is 1. The molecule has 0 aliphatic heterocycles. The number of ether oxygens (including phenoxy) is 1. The molecule has 150 valence electrons. The predicted molar refractivity (Wildman–Crippen MR) is 122 cm³/mol. The van der Waals surface area contributed by atoms with Gasteiger partial charge in [-0.25, -0.2) is 4.98 Å². The van der Waals surface area contributed by atoms with Gasteiger partial charge in [0.05, 0.1) is 23.9 Å². The van der Waals surface area contributed by atoms with E-state index in [2.05, 4.69) is 11.4 Å². The van der Waals surface area contributed by atoms with Crippen molar-refractivity contribution in [3.8, 4) is 17.0 Å². The Morgan fingerprint density at radius 1 is 0.900 bits per heavy atom. The molecule has 0 unspecified atom stereocenters. The van der Waals surface area contributed by atoms with Crippen LogP contribution in [0.4, 0.5) is 5.69 Å². The van der Waals surface area contributed by atoms with Crippen LogP contribution >= 0.6 is 0 Å². The Morgan fingerprint density at radius 3 is 2.23 bits per heavy atom. The summed E-state index contributed by atoms with van der Waals surface area (Å²) in [5, 5.41) is 3.92. The Labute approximate surface area is 176 Å². The third kappa shape index (κ3) is 3.77. The van der Waals surface area contributed by atoms with Gasteiger partial charge in [0.25, 0.3) is 5.91 Å². The predicted octanol–water partition coefficient (Wildman–Crippen LogP) is 6.09.